The molecular weight excluding hydrogens is 857 g/mol. The monoisotopic (exact) mass is 910 g/mol. The zero-order valence-corrected chi connectivity index (χ0v) is 37.8. The summed E-state index contributed by atoms with van der Waals surface area (Å²) in [5.74, 6) is -0.255. The number of aromatic amines is 1. The van der Waals surface area contributed by atoms with Crippen LogP contribution < -0.4 is 24.6 Å². The van der Waals surface area contributed by atoms with Crippen molar-refractivity contribution in [3.05, 3.63) is 131 Å². The molecule has 4 aliphatic rings. The summed E-state index contributed by atoms with van der Waals surface area (Å²) in [5, 5.41) is 16.0. The Balaban J connectivity index is 0.890. The maximum absolute atomic E-state index is 14.0. The number of sulfonamides is 1. The second kappa shape index (κ2) is 18.1. The molecule has 0 radical (unpaired) electrons. The molecule has 6 aromatic rings. The Kier molecular flexibility index (Phi) is 11.9. The minimum atomic E-state index is -4.57. The average Bonchev–Trinajstić information content (AvgIpc) is 4.01. The fourth-order valence-electron chi connectivity index (χ4n) is 10.1. The molecule has 342 valence electrons. The van der Waals surface area contributed by atoms with E-state index in [1.165, 1.54) is 61.6 Å². The van der Waals surface area contributed by atoms with E-state index in [-0.39, 0.29) is 29.0 Å². The molecule has 10 rings (SSSR count). The van der Waals surface area contributed by atoms with Gasteiger partial charge in [-0.3, -0.25) is 14.9 Å². The van der Waals surface area contributed by atoms with Crippen molar-refractivity contribution in [2.24, 2.45) is 11.3 Å². The lowest BCUT2D eigenvalue weighted by atomic mass is 9.71. The molecule has 1 atom stereocenters. The third-order valence-electron chi connectivity index (χ3n) is 14.0. The van der Waals surface area contributed by atoms with E-state index in [2.05, 4.69) is 90.3 Å². The number of nitro groups is 1. The zero-order valence-electron chi connectivity index (χ0n) is 36.9. The van der Waals surface area contributed by atoms with Crippen LogP contribution in [-0.2, 0) is 14.8 Å². The van der Waals surface area contributed by atoms with E-state index in [9.17, 15) is 23.3 Å². The summed E-state index contributed by atoms with van der Waals surface area (Å²) in [5.41, 5.74) is 6.28. The van der Waals surface area contributed by atoms with Crippen LogP contribution in [0.4, 0.5) is 22.7 Å². The van der Waals surface area contributed by atoms with Gasteiger partial charge < -0.3 is 34.5 Å². The number of anilines is 3. The average molecular weight is 911 g/mol. The van der Waals surface area contributed by atoms with Crippen LogP contribution in [0.15, 0.2) is 114 Å². The lowest BCUT2D eigenvalue weighted by molar-refractivity contribution is -0.384. The number of nitrogens with one attached hydrogen (secondary N) is 3. The molecule has 1 amide bonds. The van der Waals surface area contributed by atoms with Gasteiger partial charge >= 0.3 is 0 Å². The number of amides is 1. The molecular formula is C50H54N8O7S. The number of para-hydroxylation sites is 1. The standard InChI is InChI=1S/C50H54N8O7S/c1-55-23-19-50(20-24-55)32-56(33-50)44-6-3-2-5-41(44)45-7-4-22-57(45)38-11-8-35(9-12-38)36-10-14-42(47(28-36)65-39-27-37-16-21-51-48(37)53-31-39)49(59)54-66(62,63)40-13-15-43(46(29-40)58(60)61)52-30-34-17-25-64-26-18-34/h2-3,5-6,8-16,21,27-29,31,34,45,52H,4,7,17-20,22-26,30,32-33H2,1H3,(H,51,53)(H,54,59)/t45-/m1/s1. The summed E-state index contributed by atoms with van der Waals surface area (Å²) in [7, 11) is -2.35. The van der Waals surface area contributed by atoms with E-state index in [4.69, 9.17) is 9.47 Å². The molecule has 16 heteroatoms. The van der Waals surface area contributed by atoms with Gasteiger partial charge in [0.2, 0.25) is 0 Å². The number of carbonyl (C=O) groups excluding carboxylic acids is 1. The molecule has 4 aromatic carbocycles. The van der Waals surface area contributed by atoms with E-state index in [0.29, 0.717) is 36.6 Å². The van der Waals surface area contributed by atoms with Gasteiger partial charge in [0.05, 0.1) is 27.6 Å². The number of piperidine rings is 1. The number of H-pyrrole nitrogens is 1. The molecule has 4 fully saturated rings. The third kappa shape index (κ3) is 8.92. The highest BCUT2D eigenvalue weighted by atomic mass is 32.2. The minimum Gasteiger partial charge on any atom is -0.455 e. The number of rotatable bonds is 13. The van der Waals surface area contributed by atoms with Crippen molar-refractivity contribution in [3.8, 4) is 22.6 Å². The summed E-state index contributed by atoms with van der Waals surface area (Å²) in [4.78, 5) is 40.1. The van der Waals surface area contributed by atoms with Gasteiger partial charge in [0.1, 0.15) is 22.8 Å². The Bertz CT molecular complexity index is 2870. The van der Waals surface area contributed by atoms with Gasteiger partial charge in [-0.25, -0.2) is 18.1 Å². The first kappa shape index (κ1) is 43.4. The van der Waals surface area contributed by atoms with Gasteiger partial charge in [-0.1, -0.05) is 36.4 Å². The largest absolute Gasteiger partial charge is 0.455 e. The predicted octanol–water partition coefficient (Wildman–Crippen LogP) is 8.76. The van der Waals surface area contributed by atoms with E-state index in [0.717, 1.165) is 73.6 Å². The topological polar surface area (TPSA) is 175 Å². The van der Waals surface area contributed by atoms with Crippen LogP contribution in [0.1, 0.15) is 60.5 Å². The summed E-state index contributed by atoms with van der Waals surface area (Å²) < 4.78 is 41.3. The smallest absolute Gasteiger partial charge is 0.293 e. The van der Waals surface area contributed by atoms with Crippen LogP contribution in [-0.4, -0.2) is 93.6 Å². The van der Waals surface area contributed by atoms with Crippen molar-refractivity contribution in [2.75, 3.05) is 74.6 Å². The zero-order chi connectivity index (χ0) is 45.4. The Morgan fingerprint density at radius 1 is 0.939 bits per heavy atom. The lowest BCUT2D eigenvalue weighted by Gasteiger charge is -2.55. The van der Waals surface area contributed by atoms with Crippen molar-refractivity contribution in [3.63, 3.8) is 0 Å². The van der Waals surface area contributed by atoms with Crippen molar-refractivity contribution in [2.45, 2.75) is 49.5 Å². The van der Waals surface area contributed by atoms with Gasteiger partial charge in [-0.05, 0) is 136 Å². The van der Waals surface area contributed by atoms with Crippen LogP contribution in [0.3, 0.4) is 0 Å². The Hall–Kier alpha value is -6.49. The molecule has 1 spiro atoms. The number of hydrogen-bond donors (Lipinski definition) is 3. The number of aromatic nitrogens is 2. The van der Waals surface area contributed by atoms with Crippen molar-refractivity contribution in [1.82, 2.24) is 19.6 Å². The molecule has 3 N–H and O–H groups in total. The molecule has 15 nitrogen and oxygen atoms in total. The summed E-state index contributed by atoms with van der Waals surface area (Å²) in [6.07, 6.45) is 9.61. The van der Waals surface area contributed by atoms with Gasteiger partial charge in [-0.2, -0.15) is 0 Å². The third-order valence-corrected chi connectivity index (χ3v) is 15.3. The van der Waals surface area contributed by atoms with Crippen LogP contribution in [0.5, 0.6) is 11.5 Å². The Labute approximate surface area is 384 Å². The molecule has 4 aliphatic heterocycles. The summed E-state index contributed by atoms with van der Waals surface area (Å²) in [6.45, 7) is 7.26. The first-order valence-corrected chi connectivity index (χ1v) is 24.3. The van der Waals surface area contributed by atoms with Gasteiger partial charge in [-0.15, -0.1) is 0 Å². The summed E-state index contributed by atoms with van der Waals surface area (Å²) >= 11 is 0. The molecule has 0 unspecified atom stereocenters. The van der Waals surface area contributed by atoms with E-state index in [1.807, 2.05) is 6.07 Å². The molecule has 66 heavy (non-hydrogen) atoms. The van der Waals surface area contributed by atoms with E-state index < -0.39 is 31.4 Å². The van der Waals surface area contributed by atoms with E-state index in [1.54, 1.807) is 24.4 Å². The normalized spacial score (nSPS) is 18.9. The number of fused-ring (bicyclic) bond motifs is 1. The predicted molar refractivity (Wildman–Crippen MR) is 255 cm³/mol. The molecule has 4 saturated heterocycles. The second-order valence-electron chi connectivity index (χ2n) is 18.3. The first-order chi connectivity index (χ1) is 32.0. The molecule has 6 heterocycles. The number of pyridine rings is 1. The molecule has 0 saturated carbocycles. The number of nitrogens with zero attached hydrogens (tertiary/aromatic N) is 5. The van der Waals surface area contributed by atoms with Crippen molar-refractivity contribution >= 4 is 49.7 Å². The maximum Gasteiger partial charge on any atom is 0.293 e. The number of benzene rings is 4. The highest BCUT2D eigenvalue weighted by Gasteiger charge is 2.45. The van der Waals surface area contributed by atoms with Gasteiger partial charge in [0.25, 0.3) is 21.6 Å². The molecule has 2 aromatic heterocycles. The van der Waals surface area contributed by atoms with E-state index >= 15 is 0 Å². The fourth-order valence-corrected chi connectivity index (χ4v) is 11.1. The number of nitro benzene ring substituents is 1. The molecule has 0 aliphatic carbocycles. The number of likely N-dealkylation sites (tertiary alicyclic amines) is 1. The highest BCUT2D eigenvalue weighted by Crippen LogP contribution is 2.47. The van der Waals surface area contributed by atoms with Crippen LogP contribution >= 0.6 is 0 Å². The van der Waals surface area contributed by atoms with Gasteiger partial charge in [0.15, 0.2) is 0 Å². The number of carbonyl (C=O) groups is 1. The fraction of sp³-hybridized carbons (Fsp3) is 0.360. The van der Waals surface area contributed by atoms with Crippen molar-refractivity contribution in [1.29, 1.82) is 0 Å². The van der Waals surface area contributed by atoms with Gasteiger partial charge in [0, 0.05) is 73.8 Å². The lowest BCUT2D eigenvalue weighted by Crippen LogP contribution is -2.60. The van der Waals surface area contributed by atoms with Crippen LogP contribution in [0, 0.1) is 21.4 Å². The van der Waals surface area contributed by atoms with Crippen LogP contribution in [0.25, 0.3) is 22.2 Å². The minimum absolute atomic E-state index is 0.0557. The highest BCUT2D eigenvalue weighted by molar-refractivity contribution is 7.90. The van der Waals surface area contributed by atoms with Crippen molar-refractivity contribution < 1.29 is 27.6 Å². The summed E-state index contributed by atoms with van der Waals surface area (Å²) in [6, 6.07) is 29.7. The first-order valence-electron chi connectivity index (χ1n) is 22.8. The number of hydrogen-bond acceptors (Lipinski definition) is 12. The van der Waals surface area contributed by atoms with Crippen LogP contribution in [0.2, 0.25) is 0 Å². The Morgan fingerprint density at radius 2 is 1.71 bits per heavy atom. The Morgan fingerprint density at radius 3 is 2.50 bits per heavy atom. The number of ether oxygens (including phenoxy) is 2. The molecule has 0 bridgehead atoms. The maximum atomic E-state index is 14.0. The second-order valence-corrected chi connectivity index (χ2v) is 20.0. The quantitative estimate of drug-likeness (QED) is 0.0744. The SMILES string of the molecule is CN1CCC2(CC1)CN(c1ccccc1[C@H]1CCCN1c1ccc(-c3ccc(C(=O)NS(=O)(=O)c4ccc(NCC5CCOCC5)c([N+](=O)[O-])c4)c(Oc4cnc5[nH]ccc5c4)c3)cc1)C2.